The van der Waals surface area contributed by atoms with Gasteiger partial charge in [0.25, 0.3) is 0 Å². The summed E-state index contributed by atoms with van der Waals surface area (Å²) in [5.41, 5.74) is -0.553. The lowest BCUT2D eigenvalue weighted by Gasteiger charge is -2.25. The van der Waals surface area contributed by atoms with Gasteiger partial charge >= 0.3 is 0 Å². The molecule has 1 aromatic heterocycles. The summed E-state index contributed by atoms with van der Waals surface area (Å²) in [6.07, 6.45) is 0. The van der Waals surface area contributed by atoms with Gasteiger partial charge in [-0.15, -0.1) is 11.3 Å². The first-order valence-corrected chi connectivity index (χ1v) is 5.80. The molecule has 1 unspecified atom stereocenters. The number of rotatable bonds is 4. The van der Waals surface area contributed by atoms with Gasteiger partial charge in [0.15, 0.2) is 0 Å². The number of hydrogen-bond donors (Lipinski definition) is 2. The molecule has 1 rings (SSSR count). The van der Waals surface area contributed by atoms with Crippen LogP contribution < -0.4 is 5.32 Å². The molecule has 0 aliphatic heterocycles. The Morgan fingerprint density at radius 3 is 2.80 bits per heavy atom. The number of carbonyl (C=O) groups excluding carboxylic acids is 1. The molecule has 0 saturated carbocycles. The average molecular weight is 227 g/mol. The van der Waals surface area contributed by atoms with E-state index in [1.807, 2.05) is 24.4 Å². The minimum atomic E-state index is -0.553. The number of aliphatic hydroxyl groups is 1. The Morgan fingerprint density at radius 1 is 1.67 bits per heavy atom. The van der Waals surface area contributed by atoms with E-state index in [-0.39, 0.29) is 18.4 Å². The standard InChI is InChI=1S/C11H17NO2S/c1-8(9-5-4-6-15-9)10(14)12-11(2,3)7-13/h4-6,8,13H,7H2,1-3H3,(H,12,14). The normalized spacial score (nSPS) is 13.6. The Hall–Kier alpha value is -0.870. The van der Waals surface area contributed by atoms with Crippen LogP contribution in [0.25, 0.3) is 0 Å². The van der Waals surface area contributed by atoms with Crippen LogP contribution in [-0.4, -0.2) is 23.2 Å². The van der Waals surface area contributed by atoms with Crippen molar-refractivity contribution in [1.29, 1.82) is 0 Å². The molecule has 0 aromatic carbocycles. The van der Waals surface area contributed by atoms with Gasteiger partial charge in [-0.05, 0) is 32.2 Å². The van der Waals surface area contributed by atoms with Gasteiger partial charge in [-0.3, -0.25) is 4.79 Å². The second-order valence-corrected chi connectivity index (χ2v) is 5.25. The minimum absolute atomic E-state index is 0.0449. The maximum absolute atomic E-state index is 11.8. The SMILES string of the molecule is CC(C(=O)NC(C)(C)CO)c1cccs1. The van der Waals surface area contributed by atoms with Crippen LogP contribution in [0.1, 0.15) is 31.6 Å². The predicted molar refractivity (Wildman–Crippen MR) is 62.0 cm³/mol. The van der Waals surface area contributed by atoms with E-state index in [0.717, 1.165) is 4.88 Å². The fraction of sp³-hybridized carbons (Fsp3) is 0.545. The lowest BCUT2D eigenvalue weighted by Crippen LogP contribution is -2.47. The quantitative estimate of drug-likeness (QED) is 0.823. The van der Waals surface area contributed by atoms with Gasteiger partial charge in [-0.1, -0.05) is 6.07 Å². The average Bonchev–Trinajstić information content (AvgIpc) is 2.68. The van der Waals surface area contributed by atoms with Crippen molar-refractivity contribution in [3.63, 3.8) is 0 Å². The molecule has 84 valence electrons. The van der Waals surface area contributed by atoms with E-state index < -0.39 is 5.54 Å². The Morgan fingerprint density at radius 2 is 2.33 bits per heavy atom. The largest absolute Gasteiger partial charge is 0.394 e. The molecule has 1 aromatic rings. The van der Waals surface area contributed by atoms with Gasteiger partial charge in [0.1, 0.15) is 0 Å². The smallest absolute Gasteiger partial charge is 0.228 e. The zero-order valence-corrected chi connectivity index (χ0v) is 10.1. The molecular weight excluding hydrogens is 210 g/mol. The van der Waals surface area contributed by atoms with Gasteiger partial charge < -0.3 is 10.4 Å². The molecule has 0 aliphatic rings. The van der Waals surface area contributed by atoms with E-state index in [0.29, 0.717) is 0 Å². The van der Waals surface area contributed by atoms with Crippen LogP contribution in [-0.2, 0) is 4.79 Å². The molecule has 0 fully saturated rings. The molecule has 4 heteroatoms. The molecule has 0 bridgehead atoms. The van der Waals surface area contributed by atoms with Crippen molar-refractivity contribution in [2.24, 2.45) is 0 Å². The molecule has 15 heavy (non-hydrogen) atoms. The zero-order chi connectivity index (χ0) is 11.5. The van der Waals surface area contributed by atoms with E-state index in [2.05, 4.69) is 5.32 Å². The van der Waals surface area contributed by atoms with Crippen molar-refractivity contribution < 1.29 is 9.90 Å². The number of thiophene rings is 1. The van der Waals surface area contributed by atoms with E-state index >= 15 is 0 Å². The summed E-state index contributed by atoms with van der Waals surface area (Å²) in [4.78, 5) is 12.8. The highest BCUT2D eigenvalue weighted by Crippen LogP contribution is 2.21. The molecule has 1 amide bonds. The van der Waals surface area contributed by atoms with Gasteiger partial charge in [0.05, 0.1) is 18.1 Å². The monoisotopic (exact) mass is 227 g/mol. The number of nitrogens with one attached hydrogen (secondary N) is 1. The van der Waals surface area contributed by atoms with E-state index in [1.165, 1.54) is 0 Å². The Labute approximate surface area is 94.1 Å². The van der Waals surface area contributed by atoms with E-state index in [1.54, 1.807) is 25.2 Å². The number of aliphatic hydroxyl groups excluding tert-OH is 1. The van der Waals surface area contributed by atoms with Crippen LogP contribution in [0, 0.1) is 0 Å². The first-order chi connectivity index (χ1) is 6.96. The van der Waals surface area contributed by atoms with Crippen LogP contribution in [0.15, 0.2) is 17.5 Å². The summed E-state index contributed by atoms with van der Waals surface area (Å²) in [6.45, 7) is 5.41. The Bertz CT molecular complexity index is 319. The maximum Gasteiger partial charge on any atom is 0.228 e. The third-order valence-corrected chi connectivity index (χ3v) is 3.28. The fourth-order valence-corrected chi connectivity index (χ4v) is 1.93. The summed E-state index contributed by atoms with van der Waals surface area (Å²) in [5.74, 6) is -0.202. The summed E-state index contributed by atoms with van der Waals surface area (Å²) in [5, 5.41) is 13.8. The molecular formula is C11H17NO2S. The van der Waals surface area contributed by atoms with Crippen molar-refractivity contribution in [3.05, 3.63) is 22.4 Å². The highest BCUT2D eigenvalue weighted by atomic mass is 32.1. The summed E-state index contributed by atoms with van der Waals surface area (Å²) < 4.78 is 0. The molecule has 0 aliphatic carbocycles. The first-order valence-electron chi connectivity index (χ1n) is 4.92. The van der Waals surface area contributed by atoms with Gasteiger partial charge in [0, 0.05) is 4.88 Å². The lowest BCUT2D eigenvalue weighted by atomic mass is 10.0. The Balaban J connectivity index is 2.62. The number of hydrogen-bond acceptors (Lipinski definition) is 3. The van der Waals surface area contributed by atoms with Crippen LogP contribution in [0.4, 0.5) is 0 Å². The lowest BCUT2D eigenvalue weighted by molar-refractivity contribution is -0.124. The van der Waals surface area contributed by atoms with Crippen molar-refractivity contribution in [3.8, 4) is 0 Å². The predicted octanol–water partition coefficient (Wildman–Crippen LogP) is 1.74. The molecule has 3 nitrogen and oxygen atoms in total. The van der Waals surface area contributed by atoms with Crippen molar-refractivity contribution in [2.45, 2.75) is 32.2 Å². The van der Waals surface area contributed by atoms with E-state index in [9.17, 15) is 4.79 Å². The van der Waals surface area contributed by atoms with Crippen molar-refractivity contribution >= 4 is 17.2 Å². The fourth-order valence-electron chi connectivity index (χ4n) is 1.15. The van der Waals surface area contributed by atoms with Gasteiger partial charge in [0.2, 0.25) is 5.91 Å². The van der Waals surface area contributed by atoms with Crippen molar-refractivity contribution in [1.82, 2.24) is 5.32 Å². The topological polar surface area (TPSA) is 49.3 Å². The van der Waals surface area contributed by atoms with Gasteiger partial charge in [-0.25, -0.2) is 0 Å². The highest BCUT2D eigenvalue weighted by Gasteiger charge is 2.23. The second kappa shape index (κ2) is 4.77. The molecule has 0 saturated heterocycles. The maximum atomic E-state index is 11.8. The number of carbonyl (C=O) groups is 1. The first kappa shape index (κ1) is 12.2. The van der Waals surface area contributed by atoms with E-state index in [4.69, 9.17) is 5.11 Å². The van der Waals surface area contributed by atoms with Crippen LogP contribution >= 0.6 is 11.3 Å². The summed E-state index contributed by atoms with van der Waals surface area (Å²) >= 11 is 1.57. The highest BCUT2D eigenvalue weighted by molar-refractivity contribution is 7.10. The zero-order valence-electron chi connectivity index (χ0n) is 9.28. The Kier molecular flexibility index (Phi) is 3.88. The van der Waals surface area contributed by atoms with Crippen LogP contribution in [0.2, 0.25) is 0 Å². The summed E-state index contributed by atoms with van der Waals surface area (Å²) in [7, 11) is 0. The third-order valence-electron chi connectivity index (χ3n) is 2.22. The number of amides is 1. The molecule has 2 N–H and O–H groups in total. The summed E-state index contributed by atoms with van der Waals surface area (Å²) in [6, 6.07) is 3.88. The third kappa shape index (κ3) is 3.32. The second-order valence-electron chi connectivity index (χ2n) is 4.27. The molecule has 0 radical (unpaired) electrons. The molecule has 1 atom stereocenters. The van der Waals surface area contributed by atoms with Crippen LogP contribution in [0.5, 0.6) is 0 Å². The van der Waals surface area contributed by atoms with Crippen molar-refractivity contribution in [2.75, 3.05) is 6.61 Å². The minimum Gasteiger partial charge on any atom is -0.394 e. The van der Waals surface area contributed by atoms with Crippen LogP contribution in [0.3, 0.4) is 0 Å². The van der Waals surface area contributed by atoms with Gasteiger partial charge in [-0.2, -0.15) is 0 Å². The molecule has 1 heterocycles. The molecule has 0 spiro atoms.